The minimum absolute atomic E-state index is 0.0542. The van der Waals surface area contributed by atoms with Gasteiger partial charge in [-0.2, -0.15) is 5.26 Å². The Morgan fingerprint density at radius 2 is 1.67 bits per heavy atom. The summed E-state index contributed by atoms with van der Waals surface area (Å²) in [7, 11) is 0. The minimum Gasteiger partial charge on any atom is -0.490 e. The highest BCUT2D eigenvalue weighted by atomic mass is 35.5. The molecule has 206 valence electrons. The number of ether oxygens (including phenoxy) is 1. The fourth-order valence-electron chi connectivity index (χ4n) is 7.33. The van der Waals surface area contributed by atoms with Crippen LogP contribution in [0.3, 0.4) is 0 Å². The number of nitrogens with one attached hydrogen (secondary N) is 1. The molecule has 4 saturated heterocycles. The Labute approximate surface area is 237 Å². The quantitative estimate of drug-likeness (QED) is 0.510. The number of hydrogen-bond acceptors (Lipinski definition) is 5. The van der Waals surface area contributed by atoms with Gasteiger partial charge in [0.25, 0.3) is 5.91 Å². The van der Waals surface area contributed by atoms with Gasteiger partial charge in [-0.3, -0.25) is 4.79 Å². The highest BCUT2D eigenvalue weighted by Crippen LogP contribution is 2.39. The Morgan fingerprint density at radius 3 is 2.31 bits per heavy atom. The van der Waals surface area contributed by atoms with E-state index in [1.807, 2.05) is 6.07 Å². The Morgan fingerprint density at radius 1 is 0.974 bits per heavy atom. The maximum atomic E-state index is 13.6. The second-order valence-electron chi connectivity index (χ2n) is 12.0. The number of rotatable bonds is 6. The van der Waals surface area contributed by atoms with Gasteiger partial charge in [0, 0.05) is 43.1 Å². The van der Waals surface area contributed by atoms with Crippen LogP contribution >= 0.6 is 11.6 Å². The van der Waals surface area contributed by atoms with Crippen molar-refractivity contribution in [2.45, 2.75) is 75.5 Å². The Kier molecular flexibility index (Phi) is 8.11. The Bertz CT molecular complexity index is 1180. The molecule has 2 aromatic rings. The maximum Gasteiger partial charge on any atom is 0.254 e. The first kappa shape index (κ1) is 26.6. The lowest BCUT2D eigenvalue weighted by Crippen LogP contribution is -2.49. The van der Waals surface area contributed by atoms with Gasteiger partial charge >= 0.3 is 0 Å². The Hall–Kier alpha value is -2.59. The third kappa shape index (κ3) is 5.96. The summed E-state index contributed by atoms with van der Waals surface area (Å²) in [4.78, 5) is 18.4. The summed E-state index contributed by atoms with van der Waals surface area (Å²) in [5.74, 6) is 2.30. The summed E-state index contributed by atoms with van der Waals surface area (Å²) >= 11 is 6.19. The summed E-state index contributed by atoms with van der Waals surface area (Å²) in [5, 5.41) is 13.0. The van der Waals surface area contributed by atoms with Crippen molar-refractivity contribution in [2.24, 2.45) is 5.92 Å². The van der Waals surface area contributed by atoms with E-state index in [1.54, 1.807) is 12.1 Å². The molecule has 0 aromatic heterocycles. The number of hydrogen-bond donors (Lipinski definition) is 1. The van der Waals surface area contributed by atoms with Gasteiger partial charge in [-0.15, -0.1) is 0 Å². The van der Waals surface area contributed by atoms with Gasteiger partial charge in [0.1, 0.15) is 17.9 Å². The van der Waals surface area contributed by atoms with Crippen LogP contribution in [0.4, 0.5) is 0 Å². The van der Waals surface area contributed by atoms with Crippen molar-refractivity contribution in [3.8, 4) is 11.8 Å². The molecular formula is C32H39ClN4O2. The predicted molar refractivity (Wildman–Crippen MR) is 153 cm³/mol. The van der Waals surface area contributed by atoms with Crippen LogP contribution in [-0.4, -0.2) is 66.6 Å². The fraction of sp³-hybridized carbons (Fsp3) is 0.562. The molecule has 2 bridgehead atoms. The van der Waals surface area contributed by atoms with Crippen molar-refractivity contribution in [3.05, 3.63) is 64.2 Å². The van der Waals surface area contributed by atoms with Crippen LogP contribution in [0.1, 0.15) is 78.8 Å². The Balaban J connectivity index is 1.02. The number of likely N-dealkylation sites (tertiary alicyclic amines) is 1. The lowest BCUT2D eigenvalue weighted by atomic mass is 9.88. The molecule has 0 saturated carbocycles. The van der Waals surface area contributed by atoms with Gasteiger partial charge in [0.2, 0.25) is 0 Å². The van der Waals surface area contributed by atoms with Crippen molar-refractivity contribution >= 4 is 17.5 Å². The normalized spacial score (nSPS) is 26.4. The predicted octanol–water partition coefficient (Wildman–Crippen LogP) is 5.61. The molecule has 4 aliphatic heterocycles. The van der Waals surface area contributed by atoms with Crippen molar-refractivity contribution in [1.29, 1.82) is 5.26 Å². The number of nitrogens with zero attached hydrogens (tertiary/aromatic N) is 3. The van der Waals surface area contributed by atoms with E-state index < -0.39 is 0 Å². The van der Waals surface area contributed by atoms with Crippen LogP contribution in [-0.2, 0) is 0 Å². The standard InChI is InChI=1S/C32H39ClN4O2/c33-31-19-29(8-5-26(31)20-34)39-30-17-27-6-7-28(18-30)37(27)32(38)25-3-1-23(2-4-25)24-11-15-36(16-12-24)21-22-9-13-35-14-10-22/h1-5,8,19,22,24,27-28,30,35H,6-7,9-18,21H2. The topological polar surface area (TPSA) is 68.6 Å². The second-order valence-corrected chi connectivity index (χ2v) is 12.4. The van der Waals surface area contributed by atoms with E-state index in [-0.39, 0.29) is 24.1 Å². The molecule has 4 heterocycles. The SMILES string of the molecule is N#Cc1ccc(OC2CC3CCC(C2)N3C(=O)c2ccc(C3CCN(CC4CCNCC4)CC3)cc2)cc1Cl. The van der Waals surface area contributed by atoms with Gasteiger partial charge in [0.15, 0.2) is 0 Å². The zero-order valence-corrected chi connectivity index (χ0v) is 23.4. The summed E-state index contributed by atoms with van der Waals surface area (Å²) in [6, 6.07) is 16.2. The van der Waals surface area contributed by atoms with Gasteiger partial charge in [-0.25, -0.2) is 0 Å². The first-order valence-corrected chi connectivity index (χ1v) is 15.2. The van der Waals surface area contributed by atoms with E-state index in [1.165, 1.54) is 64.0 Å². The number of amides is 1. The number of piperidine rings is 3. The first-order valence-electron chi connectivity index (χ1n) is 14.8. The van der Waals surface area contributed by atoms with Gasteiger partial charge < -0.3 is 19.9 Å². The van der Waals surface area contributed by atoms with Crippen molar-refractivity contribution in [1.82, 2.24) is 15.1 Å². The molecule has 1 N–H and O–H groups in total. The van der Waals surface area contributed by atoms with Crippen LogP contribution in [0.2, 0.25) is 5.02 Å². The summed E-state index contributed by atoms with van der Waals surface area (Å²) in [6.45, 7) is 5.97. The molecule has 2 aromatic carbocycles. The molecule has 2 unspecified atom stereocenters. The van der Waals surface area contributed by atoms with Gasteiger partial charge in [0.05, 0.1) is 10.6 Å². The van der Waals surface area contributed by atoms with E-state index in [9.17, 15) is 4.79 Å². The molecular weight excluding hydrogens is 508 g/mol. The third-order valence-electron chi connectivity index (χ3n) is 9.48. The van der Waals surface area contributed by atoms with E-state index in [0.717, 1.165) is 37.2 Å². The number of carbonyl (C=O) groups is 1. The van der Waals surface area contributed by atoms with Crippen molar-refractivity contribution in [2.75, 3.05) is 32.7 Å². The molecule has 4 aliphatic rings. The van der Waals surface area contributed by atoms with E-state index in [2.05, 4.69) is 45.5 Å². The number of fused-ring (bicyclic) bond motifs is 2. The number of halogens is 1. The summed E-state index contributed by atoms with van der Waals surface area (Å²) in [6.07, 6.45) is 8.81. The highest BCUT2D eigenvalue weighted by Gasteiger charge is 2.44. The molecule has 2 atom stereocenters. The lowest BCUT2D eigenvalue weighted by molar-refractivity contribution is 0.0359. The van der Waals surface area contributed by atoms with Crippen molar-refractivity contribution < 1.29 is 9.53 Å². The van der Waals surface area contributed by atoms with E-state index in [0.29, 0.717) is 22.3 Å². The molecule has 4 fully saturated rings. The van der Waals surface area contributed by atoms with Crippen LogP contribution < -0.4 is 10.1 Å². The molecule has 39 heavy (non-hydrogen) atoms. The molecule has 0 aliphatic carbocycles. The van der Waals surface area contributed by atoms with E-state index >= 15 is 0 Å². The zero-order chi connectivity index (χ0) is 26.8. The van der Waals surface area contributed by atoms with Crippen molar-refractivity contribution in [3.63, 3.8) is 0 Å². The molecule has 1 amide bonds. The van der Waals surface area contributed by atoms with Crippen LogP contribution in [0, 0.1) is 17.2 Å². The van der Waals surface area contributed by atoms with Crippen LogP contribution in [0.5, 0.6) is 5.75 Å². The van der Waals surface area contributed by atoms with Gasteiger partial charge in [-0.05, 0) is 106 Å². The first-order chi connectivity index (χ1) is 19.1. The molecule has 6 rings (SSSR count). The minimum atomic E-state index is 0.0542. The molecule has 6 nitrogen and oxygen atoms in total. The lowest BCUT2D eigenvalue weighted by Gasteiger charge is -2.39. The largest absolute Gasteiger partial charge is 0.490 e. The highest BCUT2D eigenvalue weighted by molar-refractivity contribution is 6.31. The summed E-state index contributed by atoms with van der Waals surface area (Å²) < 4.78 is 6.25. The second kappa shape index (κ2) is 11.9. The smallest absolute Gasteiger partial charge is 0.254 e. The van der Waals surface area contributed by atoms with Crippen LogP contribution in [0.15, 0.2) is 42.5 Å². The fourth-order valence-corrected chi connectivity index (χ4v) is 7.55. The molecule has 0 radical (unpaired) electrons. The average Bonchev–Trinajstić information content (AvgIpc) is 3.23. The van der Waals surface area contributed by atoms with Crippen LogP contribution in [0.25, 0.3) is 0 Å². The average molecular weight is 547 g/mol. The molecule has 0 spiro atoms. The molecule has 7 heteroatoms. The summed E-state index contributed by atoms with van der Waals surface area (Å²) in [5.41, 5.74) is 2.63. The third-order valence-corrected chi connectivity index (χ3v) is 9.79. The van der Waals surface area contributed by atoms with Gasteiger partial charge in [-0.1, -0.05) is 23.7 Å². The number of nitriles is 1. The monoisotopic (exact) mass is 546 g/mol. The number of benzene rings is 2. The van der Waals surface area contributed by atoms with E-state index in [4.69, 9.17) is 21.6 Å². The zero-order valence-electron chi connectivity index (χ0n) is 22.7. The maximum absolute atomic E-state index is 13.6. The number of carbonyl (C=O) groups excluding carboxylic acids is 1.